The summed E-state index contributed by atoms with van der Waals surface area (Å²) in [6.07, 6.45) is 1.45. The largest absolute Gasteiger partial charge is 0.493 e. The van der Waals surface area contributed by atoms with Gasteiger partial charge < -0.3 is 14.2 Å². The molecule has 6 nitrogen and oxygen atoms in total. The fourth-order valence-corrected chi connectivity index (χ4v) is 3.50. The molecule has 26 heavy (non-hydrogen) atoms. The van der Waals surface area contributed by atoms with Crippen molar-refractivity contribution in [3.8, 4) is 17.2 Å². The zero-order chi connectivity index (χ0) is 18.6. The SMILES string of the molecule is COc1cc2c(cc1OCc1ccccc1)OC(CCS(=O)(=O)O)CC2. The van der Waals surface area contributed by atoms with Crippen LogP contribution in [0.1, 0.15) is 24.0 Å². The summed E-state index contributed by atoms with van der Waals surface area (Å²) in [4.78, 5) is 0. The summed E-state index contributed by atoms with van der Waals surface area (Å²) >= 11 is 0. The van der Waals surface area contributed by atoms with Crippen LogP contribution in [-0.2, 0) is 23.1 Å². The van der Waals surface area contributed by atoms with Crippen LogP contribution in [0, 0.1) is 0 Å². The van der Waals surface area contributed by atoms with Gasteiger partial charge >= 0.3 is 0 Å². The van der Waals surface area contributed by atoms with Crippen LogP contribution in [0.4, 0.5) is 0 Å². The van der Waals surface area contributed by atoms with E-state index in [0.717, 1.165) is 17.5 Å². The molecule has 2 aromatic carbocycles. The van der Waals surface area contributed by atoms with E-state index in [2.05, 4.69) is 0 Å². The van der Waals surface area contributed by atoms with Crippen LogP contribution in [0.5, 0.6) is 17.2 Å². The minimum atomic E-state index is -3.98. The van der Waals surface area contributed by atoms with E-state index in [4.69, 9.17) is 18.8 Å². The van der Waals surface area contributed by atoms with Gasteiger partial charge in [0.2, 0.25) is 0 Å². The zero-order valence-corrected chi connectivity index (χ0v) is 15.4. The van der Waals surface area contributed by atoms with Crippen molar-refractivity contribution in [2.45, 2.75) is 32.0 Å². The van der Waals surface area contributed by atoms with Crippen LogP contribution in [0.15, 0.2) is 42.5 Å². The van der Waals surface area contributed by atoms with Crippen LogP contribution in [0.25, 0.3) is 0 Å². The van der Waals surface area contributed by atoms with Crippen molar-refractivity contribution in [2.24, 2.45) is 0 Å². The summed E-state index contributed by atoms with van der Waals surface area (Å²) in [7, 11) is -2.39. The highest BCUT2D eigenvalue weighted by molar-refractivity contribution is 7.85. The average Bonchev–Trinajstić information content (AvgIpc) is 2.64. The number of fused-ring (bicyclic) bond motifs is 1. The molecule has 0 saturated heterocycles. The number of hydrogen-bond acceptors (Lipinski definition) is 5. The first-order valence-corrected chi connectivity index (χ1v) is 10.0. The Morgan fingerprint density at radius 3 is 2.65 bits per heavy atom. The fraction of sp³-hybridized carbons (Fsp3) is 0.368. The van der Waals surface area contributed by atoms with E-state index in [-0.39, 0.29) is 18.3 Å². The summed E-state index contributed by atoms with van der Waals surface area (Å²) in [5.74, 6) is 1.58. The third-order valence-electron chi connectivity index (χ3n) is 4.31. The third-order valence-corrected chi connectivity index (χ3v) is 5.06. The maximum absolute atomic E-state index is 10.9. The Hall–Kier alpha value is -2.25. The molecule has 0 amide bonds. The van der Waals surface area contributed by atoms with Gasteiger partial charge in [-0.05, 0) is 30.0 Å². The van der Waals surface area contributed by atoms with E-state index in [1.165, 1.54) is 0 Å². The topological polar surface area (TPSA) is 82.1 Å². The van der Waals surface area contributed by atoms with Crippen LogP contribution in [-0.4, -0.2) is 31.9 Å². The van der Waals surface area contributed by atoms with Gasteiger partial charge in [0.25, 0.3) is 10.1 Å². The summed E-state index contributed by atoms with van der Waals surface area (Å²) in [6, 6.07) is 13.5. The lowest BCUT2D eigenvalue weighted by atomic mass is 10.0. The van der Waals surface area contributed by atoms with Crippen molar-refractivity contribution in [1.29, 1.82) is 0 Å². The van der Waals surface area contributed by atoms with E-state index in [1.807, 2.05) is 36.4 Å². The summed E-state index contributed by atoms with van der Waals surface area (Å²) < 4.78 is 48.0. The molecule has 1 atom stereocenters. The molecule has 7 heteroatoms. The van der Waals surface area contributed by atoms with Crippen molar-refractivity contribution in [1.82, 2.24) is 0 Å². The molecule has 1 heterocycles. The molecule has 0 bridgehead atoms. The third kappa shape index (κ3) is 4.89. The molecule has 0 spiro atoms. The van der Waals surface area contributed by atoms with Gasteiger partial charge in [0.15, 0.2) is 11.5 Å². The maximum atomic E-state index is 10.9. The molecule has 0 radical (unpaired) electrons. The van der Waals surface area contributed by atoms with Gasteiger partial charge in [0.1, 0.15) is 18.5 Å². The van der Waals surface area contributed by atoms with E-state index in [1.54, 1.807) is 13.2 Å². The van der Waals surface area contributed by atoms with Gasteiger partial charge in [-0.1, -0.05) is 30.3 Å². The Balaban J connectivity index is 1.73. The molecule has 1 N–H and O–H groups in total. The molecule has 0 aliphatic carbocycles. The van der Waals surface area contributed by atoms with Gasteiger partial charge in [-0.25, -0.2) is 0 Å². The molecule has 0 fully saturated rings. The standard InChI is InChI=1S/C19H22O6S/c1-23-18-11-15-7-8-16(9-10-26(20,21)22)25-17(15)12-19(18)24-13-14-5-3-2-4-6-14/h2-6,11-12,16H,7-10,13H2,1H3,(H,20,21,22). The Morgan fingerprint density at radius 2 is 1.96 bits per heavy atom. The quantitative estimate of drug-likeness (QED) is 0.745. The molecule has 1 unspecified atom stereocenters. The van der Waals surface area contributed by atoms with Gasteiger partial charge in [0, 0.05) is 12.5 Å². The highest BCUT2D eigenvalue weighted by atomic mass is 32.2. The predicted octanol–water partition coefficient (Wildman–Crippen LogP) is 3.25. The Bertz CT molecular complexity index is 848. The van der Waals surface area contributed by atoms with Crippen molar-refractivity contribution < 1.29 is 27.2 Å². The molecule has 1 aliphatic heterocycles. The number of hydrogen-bond donors (Lipinski definition) is 1. The van der Waals surface area contributed by atoms with Crippen molar-refractivity contribution in [2.75, 3.05) is 12.9 Å². The number of rotatable bonds is 7. The second-order valence-electron chi connectivity index (χ2n) is 6.24. The summed E-state index contributed by atoms with van der Waals surface area (Å²) in [6.45, 7) is 0.405. The lowest BCUT2D eigenvalue weighted by molar-refractivity contribution is 0.167. The summed E-state index contributed by atoms with van der Waals surface area (Å²) in [5, 5.41) is 0. The lowest BCUT2D eigenvalue weighted by Crippen LogP contribution is -2.25. The maximum Gasteiger partial charge on any atom is 0.264 e. The number of aryl methyl sites for hydroxylation is 1. The number of benzene rings is 2. The molecule has 1 aliphatic rings. The number of methoxy groups -OCH3 is 1. The molecular weight excluding hydrogens is 356 g/mol. The highest BCUT2D eigenvalue weighted by Crippen LogP contribution is 2.39. The van der Waals surface area contributed by atoms with Crippen LogP contribution in [0.2, 0.25) is 0 Å². The Labute approximate surface area is 153 Å². The fourth-order valence-electron chi connectivity index (χ4n) is 2.93. The minimum Gasteiger partial charge on any atom is -0.493 e. The lowest BCUT2D eigenvalue weighted by Gasteiger charge is -2.27. The smallest absolute Gasteiger partial charge is 0.264 e. The van der Waals surface area contributed by atoms with E-state index in [0.29, 0.717) is 30.3 Å². The molecule has 140 valence electrons. The number of ether oxygens (including phenoxy) is 3. The van der Waals surface area contributed by atoms with Crippen LogP contribution in [0.3, 0.4) is 0 Å². The molecule has 3 rings (SSSR count). The van der Waals surface area contributed by atoms with Crippen molar-refractivity contribution in [3.63, 3.8) is 0 Å². The predicted molar refractivity (Wildman–Crippen MR) is 97.5 cm³/mol. The highest BCUT2D eigenvalue weighted by Gasteiger charge is 2.24. The van der Waals surface area contributed by atoms with E-state index in [9.17, 15) is 8.42 Å². The van der Waals surface area contributed by atoms with Gasteiger partial charge in [-0.15, -0.1) is 0 Å². The van der Waals surface area contributed by atoms with E-state index < -0.39 is 10.1 Å². The minimum absolute atomic E-state index is 0.250. The average molecular weight is 378 g/mol. The zero-order valence-electron chi connectivity index (χ0n) is 14.6. The second-order valence-corrected chi connectivity index (χ2v) is 7.81. The van der Waals surface area contributed by atoms with Gasteiger partial charge in [-0.2, -0.15) is 8.42 Å². The molecule has 0 saturated carbocycles. The van der Waals surface area contributed by atoms with Gasteiger partial charge in [-0.3, -0.25) is 4.55 Å². The van der Waals surface area contributed by atoms with Crippen LogP contribution < -0.4 is 14.2 Å². The van der Waals surface area contributed by atoms with Crippen molar-refractivity contribution in [3.05, 3.63) is 53.6 Å². The first-order valence-electron chi connectivity index (χ1n) is 8.44. The van der Waals surface area contributed by atoms with Gasteiger partial charge in [0.05, 0.1) is 12.9 Å². The first kappa shape index (κ1) is 18.5. The van der Waals surface area contributed by atoms with Crippen molar-refractivity contribution >= 4 is 10.1 Å². The molecule has 2 aromatic rings. The second kappa shape index (κ2) is 7.97. The Morgan fingerprint density at radius 1 is 1.19 bits per heavy atom. The molecule has 0 aromatic heterocycles. The summed E-state index contributed by atoms with van der Waals surface area (Å²) in [5.41, 5.74) is 2.04. The normalized spacial score (nSPS) is 16.5. The first-order chi connectivity index (χ1) is 12.4. The van der Waals surface area contributed by atoms with E-state index >= 15 is 0 Å². The monoisotopic (exact) mass is 378 g/mol. The Kier molecular flexibility index (Phi) is 5.68. The van der Waals surface area contributed by atoms with Crippen LogP contribution >= 0.6 is 0 Å². The molecular formula is C19H22O6S.